The monoisotopic (exact) mass is 317 g/mol. The van der Waals surface area contributed by atoms with Crippen molar-refractivity contribution < 1.29 is 24.2 Å². The van der Waals surface area contributed by atoms with Gasteiger partial charge in [0.15, 0.2) is 11.5 Å². The first-order chi connectivity index (χ1) is 11.0. The van der Waals surface area contributed by atoms with Crippen molar-refractivity contribution in [3.05, 3.63) is 41.2 Å². The van der Waals surface area contributed by atoms with Crippen molar-refractivity contribution >= 4 is 11.9 Å². The van der Waals surface area contributed by atoms with Crippen molar-refractivity contribution in [3.8, 4) is 11.5 Å². The van der Waals surface area contributed by atoms with E-state index in [0.29, 0.717) is 11.5 Å². The van der Waals surface area contributed by atoms with Crippen LogP contribution in [-0.2, 0) is 7.05 Å². The fraction of sp³-hybridized carbons (Fsp3) is 0.267. The standard InChI is InChI=1S/C15H15N3O5/c1-8(9-3-4-11-12(5-9)23-7-22-11)17-14(19)13-10(15(20)21)6-16-18(13)2/h3-6,8H,7H2,1-2H3,(H,17,19)(H,20,21)/t8-/m0/s1. The van der Waals surface area contributed by atoms with Crippen LogP contribution in [0.2, 0.25) is 0 Å². The molecule has 1 aliphatic rings. The van der Waals surface area contributed by atoms with Crippen molar-refractivity contribution in [1.29, 1.82) is 0 Å². The van der Waals surface area contributed by atoms with Crippen molar-refractivity contribution in [1.82, 2.24) is 15.1 Å². The van der Waals surface area contributed by atoms with Gasteiger partial charge in [-0.25, -0.2) is 4.79 Å². The highest BCUT2D eigenvalue weighted by atomic mass is 16.7. The van der Waals surface area contributed by atoms with Gasteiger partial charge in [-0.3, -0.25) is 9.48 Å². The van der Waals surface area contributed by atoms with Crippen LogP contribution in [0.4, 0.5) is 0 Å². The maximum atomic E-state index is 12.4. The van der Waals surface area contributed by atoms with Gasteiger partial charge in [0.25, 0.3) is 5.91 Å². The van der Waals surface area contributed by atoms with Crippen molar-refractivity contribution in [2.45, 2.75) is 13.0 Å². The highest BCUT2D eigenvalue weighted by Crippen LogP contribution is 2.34. The Morgan fingerprint density at radius 3 is 2.83 bits per heavy atom. The number of rotatable bonds is 4. The summed E-state index contributed by atoms with van der Waals surface area (Å²) in [6.07, 6.45) is 1.16. The highest BCUT2D eigenvalue weighted by Gasteiger charge is 2.23. The Bertz CT molecular complexity index is 783. The first kappa shape index (κ1) is 14.9. The summed E-state index contributed by atoms with van der Waals surface area (Å²) in [4.78, 5) is 23.5. The van der Waals surface area contributed by atoms with Gasteiger partial charge in [-0.05, 0) is 24.6 Å². The topological polar surface area (TPSA) is 103 Å². The maximum absolute atomic E-state index is 12.4. The molecule has 2 aromatic rings. The van der Waals surface area contributed by atoms with Crippen LogP contribution < -0.4 is 14.8 Å². The van der Waals surface area contributed by atoms with E-state index in [2.05, 4.69) is 10.4 Å². The molecule has 0 saturated carbocycles. The van der Waals surface area contributed by atoms with E-state index < -0.39 is 11.9 Å². The number of nitrogens with zero attached hydrogens (tertiary/aromatic N) is 2. The number of benzene rings is 1. The Labute approximate surface area is 131 Å². The van der Waals surface area contributed by atoms with E-state index in [1.165, 1.54) is 11.7 Å². The lowest BCUT2D eigenvalue weighted by atomic mass is 10.1. The van der Waals surface area contributed by atoms with E-state index in [1.54, 1.807) is 19.1 Å². The zero-order valence-corrected chi connectivity index (χ0v) is 12.6. The molecule has 0 unspecified atom stereocenters. The van der Waals surface area contributed by atoms with Crippen LogP contribution in [0.15, 0.2) is 24.4 Å². The molecule has 0 aliphatic carbocycles. The second-order valence-electron chi connectivity index (χ2n) is 5.14. The molecule has 1 aromatic heterocycles. The third-order valence-corrected chi connectivity index (χ3v) is 3.63. The fourth-order valence-electron chi connectivity index (χ4n) is 2.39. The van der Waals surface area contributed by atoms with Gasteiger partial charge in [-0.15, -0.1) is 0 Å². The number of fused-ring (bicyclic) bond motifs is 1. The van der Waals surface area contributed by atoms with E-state index in [1.807, 2.05) is 6.07 Å². The van der Waals surface area contributed by atoms with Gasteiger partial charge in [0, 0.05) is 7.05 Å². The summed E-state index contributed by atoms with van der Waals surface area (Å²) >= 11 is 0. The van der Waals surface area contributed by atoms with E-state index >= 15 is 0 Å². The number of aryl methyl sites for hydroxylation is 1. The molecule has 1 atom stereocenters. The Morgan fingerprint density at radius 1 is 1.35 bits per heavy atom. The van der Waals surface area contributed by atoms with Crippen LogP contribution in [0.1, 0.15) is 39.4 Å². The Morgan fingerprint density at radius 2 is 2.09 bits per heavy atom. The molecule has 0 saturated heterocycles. The average Bonchev–Trinajstić information content (AvgIpc) is 3.12. The molecule has 23 heavy (non-hydrogen) atoms. The largest absolute Gasteiger partial charge is 0.478 e. The molecule has 0 fully saturated rings. The number of hydrogen-bond donors (Lipinski definition) is 2. The second kappa shape index (κ2) is 5.64. The Hall–Kier alpha value is -3.03. The molecule has 8 heteroatoms. The predicted molar refractivity (Wildman–Crippen MR) is 78.6 cm³/mol. The molecule has 1 aliphatic heterocycles. The molecule has 0 spiro atoms. The predicted octanol–water partition coefficient (Wildman–Crippen LogP) is 1.34. The van der Waals surface area contributed by atoms with Crippen molar-refractivity contribution in [2.24, 2.45) is 7.05 Å². The average molecular weight is 317 g/mol. The molecule has 0 radical (unpaired) electrons. The number of nitrogens with one attached hydrogen (secondary N) is 1. The Balaban J connectivity index is 1.80. The van der Waals surface area contributed by atoms with Crippen LogP contribution in [0, 0.1) is 0 Å². The highest BCUT2D eigenvalue weighted by molar-refractivity contribution is 6.03. The Kier molecular flexibility index (Phi) is 3.65. The van der Waals surface area contributed by atoms with Gasteiger partial charge < -0.3 is 19.9 Å². The van der Waals surface area contributed by atoms with Crippen LogP contribution in [0.25, 0.3) is 0 Å². The molecule has 2 heterocycles. The van der Waals surface area contributed by atoms with E-state index in [0.717, 1.165) is 11.8 Å². The first-order valence-corrected chi connectivity index (χ1v) is 6.93. The molecule has 8 nitrogen and oxygen atoms in total. The van der Waals surface area contributed by atoms with Gasteiger partial charge >= 0.3 is 5.97 Å². The summed E-state index contributed by atoms with van der Waals surface area (Å²) in [6.45, 7) is 1.97. The minimum atomic E-state index is -1.20. The smallest absolute Gasteiger partial charge is 0.339 e. The lowest BCUT2D eigenvalue weighted by molar-refractivity contribution is 0.0690. The lowest BCUT2D eigenvalue weighted by Gasteiger charge is -2.15. The number of aromatic carboxylic acids is 1. The van der Waals surface area contributed by atoms with Crippen LogP contribution in [-0.4, -0.2) is 33.6 Å². The van der Waals surface area contributed by atoms with Gasteiger partial charge in [-0.1, -0.05) is 6.07 Å². The normalized spacial score (nSPS) is 13.7. The van der Waals surface area contributed by atoms with Gasteiger partial charge in [0.05, 0.1) is 12.2 Å². The zero-order chi connectivity index (χ0) is 16.6. The molecule has 3 rings (SSSR count). The third kappa shape index (κ3) is 2.70. The molecule has 120 valence electrons. The maximum Gasteiger partial charge on any atom is 0.339 e. The fourth-order valence-corrected chi connectivity index (χ4v) is 2.39. The number of ether oxygens (including phenoxy) is 2. The minimum absolute atomic E-state index is 0.00472. The summed E-state index contributed by atoms with van der Waals surface area (Å²) in [5.41, 5.74) is 0.689. The van der Waals surface area contributed by atoms with Crippen LogP contribution in [0.5, 0.6) is 11.5 Å². The van der Waals surface area contributed by atoms with Crippen molar-refractivity contribution in [3.63, 3.8) is 0 Å². The number of carbonyl (C=O) groups excluding carboxylic acids is 1. The number of hydrogen-bond acceptors (Lipinski definition) is 5. The van der Waals surface area contributed by atoms with E-state index in [9.17, 15) is 9.59 Å². The van der Waals surface area contributed by atoms with Gasteiger partial charge in [0.1, 0.15) is 11.3 Å². The quantitative estimate of drug-likeness (QED) is 0.882. The number of carbonyl (C=O) groups is 2. The number of carboxylic acids is 1. The molecule has 1 amide bonds. The molecular weight excluding hydrogens is 302 g/mol. The number of carboxylic acid groups (broad SMARTS) is 1. The van der Waals surface area contributed by atoms with Gasteiger partial charge in [0.2, 0.25) is 6.79 Å². The van der Waals surface area contributed by atoms with E-state index in [4.69, 9.17) is 14.6 Å². The van der Waals surface area contributed by atoms with Gasteiger partial charge in [-0.2, -0.15) is 5.10 Å². The third-order valence-electron chi connectivity index (χ3n) is 3.63. The molecule has 0 bridgehead atoms. The summed E-state index contributed by atoms with van der Waals surface area (Å²) in [5.74, 6) is -0.422. The second-order valence-corrected chi connectivity index (χ2v) is 5.14. The lowest BCUT2D eigenvalue weighted by Crippen LogP contribution is -2.29. The molecule has 1 aromatic carbocycles. The number of amides is 1. The zero-order valence-electron chi connectivity index (χ0n) is 12.6. The summed E-state index contributed by atoms with van der Waals surface area (Å²) in [5, 5.41) is 15.7. The number of aromatic nitrogens is 2. The summed E-state index contributed by atoms with van der Waals surface area (Å²) in [7, 11) is 1.52. The van der Waals surface area contributed by atoms with Crippen molar-refractivity contribution in [2.75, 3.05) is 6.79 Å². The van der Waals surface area contributed by atoms with Crippen LogP contribution in [0.3, 0.4) is 0 Å². The summed E-state index contributed by atoms with van der Waals surface area (Å²) < 4.78 is 11.8. The van der Waals surface area contributed by atoms with E-state index in [-0.39, 0.29) is 24.1 Å². The minimum Gasteiger partial charge on any atom is -0.478 e. The molecule has 2 N–H and O–H groups in total. The van der Waals surface area contributed by atoms with Crippen LogP contribution >= 0.6 is 0 Å². The molecular formula is C15H15N3O5. The first-order valence-electron chi connectivity index (χ1n) is 6.93. The SMILES string of the molecule is C[C@H](NC(=O)c1c(C(=O)O)cnn1C)c1ccc2c(c1)OCO2. The summed E-state index contributed by atoms with van der Waals surface area (Å²) in [6, 6.07) is 5.04.